The first-order chi connectivity index (χ1) is 17.4. The Balaban J connectivity index is 1.50. The fourth-order valence-electron chi connectivity index (χ4n) is 4.30. The normalized spacial score (nSPS) is 21.9. The van der Waals surface area contributed by atoms with Crippen molar-refractivity contribution in [1.29, 1.82) is 0 Å². The highest BCUT2D eigenvalue weighted by molar-refractivity contribution is 5.69. The molecule has 0 saturated carbocycles. The van der Waals surface area contributed by atoms with Crippen LogP contribution in [0.5, 0.6) is 0 Å². The molecule has 0 amide bonds. The van der Waals surface area contributed by atoms with Crippen molar-refractivity contribution in [3.8, 4) is 0 Å². The molecule has 0 aliphatic carbocycles. The zero-order valence-corrected chi connectivity index (χ0v) is 21.7. The van der Waals surface area contributed by atoms with Crippen LogP contribution in [0.25, 0.3) is 0 Å². The Labute approximate surface area is 214 Å². The molecule has 0 bridgehead atoms. The highest BCUT2D eigenvalue weighted by atomic mass is 16.6. The number of rotatable bonds is 18. The minimum Gasteiger partial charge on any atom is -0.463 e. The number of esters is 1. The number of nitrogens with zero attached hydrogens (tertiary/aromatic N) is 2. The average molecular weight is 508 g/mol. The summed E-state index contributed by atoms with van der Waals surface area (Å²) in [7, 11) is 0. The minimum absolute atomic E-state index is 0.0467. The average Bonchev–Trinajstić information content (AvgIpc) is 3.13. The van der Waals surface area contributed by atoms with Crippen LogP contribution in [0.3, 0.4) is 0 Å². The van der Waals surface area contributed by atoms with E-state index in [1.807, 2.05) is 0 Å². The molecule has 1 aromatic rings. The van der Waals surface area contributed by atoms with E-state index in [4.69, 9.17) is 15.2 Å². The zero-order valence-electron chi connectivity index (χ0n) is 21.7. The molecule has 9 nitrogen and oxygen atoms in total. The van der Waals surface area contributed by atoms with Gasteiger partial charge in [0.1, 0.15) is 30.7 Å². The van der Waals surface area contributed by atoms with Gasteiger partial charge in [0.2, 0.25) is 0 Å². The van der Waals surface area contributed by atoms with Crippen LogP contribution >= 0.6 is 0 Å². The summed E-state index contributed by atoms with van der Waals surface area (Å²) in [4.78, 5) is 27.6. The van der Waals surface area contributed by atoms with Crippen LogP contribution in [-0.4, -0.2) is 50.7 Å². The van der Waals surface area contributed by atoms with Gasteiger partial charge in [-0.15, -0.1) is 0 Å². The van der Waals surface area contributed by atoms with Crippen LogP contribution in [0, 0.1) is 0 Å². The number of aromatic nitrogens is 2. The first kappa shape index (κ1) is 30.0. The molecule has 36 heavy (non-hydrogen) atoms. The number of allylic oxidation sites excluding steroid dienone is 2. The van der Waals surface area contributed by atoms with Crippen LogP contribution in [0.2, 0.25) is 0 Å². The number of nitrogens with two attached hydrogens (primary N) is 1. The van der Waals surface area contributed by atoms with Crippen LogP contribution in [0.4, 0.5) is 5.82 Å². The van der Waals surface area contributed by atoms with E-state index in [1.165, 1.54) is 63.6 Å². The van der Waals surface area contributed by atoms with Crippen molar-refractivity contribution in [3.05, 3.63) is 34.9 Å². The third-order valence-electron chi connectivity index (χ3n) is 6.51. The number of unbranched alkanes of at least 4 members (excludes halogenated alkanes) is 11. The van der Waals surface area contributed by atoms with E-state index in [1.54, 1.807) is 0 Å². The van der Waals surface area contributed by atoms with E-state index >= 15 is 0 Å². The molecular formula is C27H45N3O6. The lowest BCUT2D eigenvalue weighted by atomic mass is 10.1. The lowest BCUT2D eigenvalue weighted by Gasteiger charge is -2.16. The zero-order chi connectivity index (χ0) is 26.2. The van der Waals surface area contributed by atoms with E-state index in [9.17, 15) is 19.8 Å². The standard InChI is InChI=1S/C27H45N3O6/c1-2-3-4-5-6-7-8-9-10-11-12-13-14-15-16-17-23(31)35-20-21-24(32)25(33)26(36-21)30-19-18-22(28)29-27(30)34/h9-10,18-19,21,24-26,32-33H,2-8,11-17,20H2,1H3,(H2,28,29,34)/b10-9+. The highest BCUT2D eigenvalue weighted by Gasteiger charge is 2.44. The number of carbonyl (C=O) groups is 1. The molecule has 2 rings (SSSR count). The van der Waals surface area contributed by atoms with Gasteiger partial charge in [-0.1, -0.05) is 70.4 Å². The van der Waals surface area contributed by atoms with Crippen molar-refractivity contribution in [2.24, 2.45) is 0 Å². The van der Waals surface area contributed by atoms with Gasteiger partial charge in [0.15, 0.2) is 6.23 Å². The number of hydrogen-bond acceptors (Lipinski definition) is 8. The summed E-state index contributed by atoms with van der Waals surface area (Å²) >= 11 is 0. The first-order valence-electron chi connectivity index (χ1n) is 13.6. The number of nitrogen functional groups attached to an aromatic ring is 1. The summed E-state index contributed by atoms with van der Waals surface area (Å²) in [6.07, 6.45) is 17.0. The Morgan fingerprint density at radius 3 is 2.28 bits per heavy atom. The Kier molecular flexibility index (Phi) is 14.4. The summed E-state index contributed by atoms with van der Waals surface area (Å²) in [5, 5.41) is 20.5. The van der Waals surface area contributed by atoms with Crippen LogP contribution in [-0.2, 0) is 14.3 Å². The van der Waals surface area contributed by atoms with Crippen LogP contribution in [0.15, 0.2) is 29.2 Å². The molecule has 4 atom stereocenters. The fraction of sp³-hybridized carbons (Fsp3) is 0.741. The Hall–Kier alpha value is -2.23. The van der Waals surface area contributed by atoms with Crippen molar-refractivity contribution in [2.75, 3.05) is 12.3 Å². The maximum absolute atomic E-state index is 12.1. The van der Waals surface area contributed by atoms with E-state index in [-0.39, 0.29) is 18.4 Å². The molecule has 1 aliphatic heterocycles. The third-order valence-corrected chi connectivity index (χ3v) is 6.51. The van der Waals surface area contributed by atoms with Crippen molar-refractivity contribution < 1.29 is 24.5 Å². The van der Waals surface area contributed by atoms with Crippen molar-refractivity contribution >= 4 is 11.8 Å². The SMILES string of the molecule is CCCCCCCC/C=C/CCCCCCCC(=O)OCC1OC(n2ccc(N)nc2=O)C(O)C1O. The highest BCUT2D eigenvalue weighted by Crippen LogP contribution is 2.28. The van der Waals surface area contributed by atoms with Gasteiger partial charge in [-0.25, -0.2) is 4.79 Å². The summed E-state index contributed by atoms with van der Waals surface area (Å²) in [6.45, 7) is 2.05. The number of aliphatic hydroxyl groups excluding tert-OH is 2. The lowest BCUT2D eigenvalue weighted by Crippen LogP contribution is -2.36. The fourth-order valence-corrected chi connectivity index (χ4v) is 4.30. The second kappa shape index (κ2) is 17.3. The van der Waals surface area contributed by atoms with Crippen LogP contribution < -0.4 is 11.4 Å². The van der Waals surface area contributed by atoms with E-state index in [0.717, 1.165) is 36.7 Å². The Bertz CT molecular complexity index is 843. The molecule has 0 aromatic carbocycles. The number of anilines is 1. The van der Waals surface area contributed by atoms with Gasteiger partial charge >= 0.3 is 11.7 Å². The number of aliphatic hydroxyl groups is 2. The molecule has 2 heterocycles. The predicted octanol–water partition coefficient (Wildman–Crippen LogP) is 4.03. The molecule has 1 saturated heterocycles. The summed E-state index contributed by atoms with van der Waals surface area (Å²) in [5.41, 5.74) is 4.77. The van der Waals surface area contributed by atoms with Gasteiger partial charge in [0, 0.05) is 12.6 Å². The van der Waals surface area contributed by atoms with Gasteiger partial charge in [-0.2, -0.15) is 4.98 Å². The van der Waals surface area contributed by atoms with E-state index in [2.05, 4.69) is 24.1 Å². The smallest absolute Gasteiger partial charge is 0.351 e. The van der Waals surface area contributed by atoms with E-state index < -0.39 is 30.2 Å². The largest absolute Gasteiger partial charge is 0.463 e. The molecule has 0 radical (unpaired) electrons. The molecule has 9 heteroatoms. The van der Waals surface area contributed by atoms with E-state index in [0.29, 0.717) is 6.42 Å². The van der Waals surface area contributed by atoms with Crippen molar-refractivity contribution in [2.45, 2.75) is 121 Å². The van der Waals surface area contributed by atoms with Gasteiger partial charge < -0.3 is 25.4 Å². The molecule has 0 spiro atoms. The Morgan fingerprint density at radius 2 is 1.64 bits per heavy atom. The topological polar surface area (TPSA) is 137 Å². The third kappa shape index (κ3) is 10.8. The molecule has 1 aromatic heterocycles. The quantitative estimate of drug-likeness (QED) is 0.154. The monoisotopic (exact) mass is 507 g/mol. The molecule has 4 unspecified atom stereocenters. The molecule has 204 valence electrons. The second-order valence-electron chi connectivity index (χ2n) is 9.61. The van der Waals surface area contributed by atoms with Crippen LogP contribution in [0.1, 0.15) is 103 Å². The van der Waals surface area contributed by atoms with Crippen molar-refractivity contribution in [3.63, 3.8) is 0 Å². The number of ether oxygens (including phenoxy) is 2. The maximum atomic E-state index is 12.1. The summed E-state index contributed by atoms with van der Waals surface area (Å²) in [6, 6.07) is 1.39. The molecule has 1 fully saturated rings. The summed E-state index contributed by atoms with van der Waals surface area (Å²) < 4.78 is 11.9. The second-order valence-corrected chi connectivity index (χ2v) is 9.61. The summed E-state index contributed by atoms with van der Waals surface area (Å²) in [5.74, 6) is -0.321. The number of carbonyl (C=O) groups excluding carboxylic acids is 1. The maximum Gasteiger partial charge on any atom is 0.351 e. The Morgan fingerprint density at radius 1 is 1.03 bits per heavy atom. The molecule has 1 aliphatic rings. The van der Waals surface area contributed by atoms with Gasteiger partial charge in [0.25, 0.3) is 0 Å². The molecule has 4 N–H and O–H groups in total. The minimum atomic E-state index is -1.36. The van der Waals surface area contributed by atoms with Gasteiger partial charge in [-0.3, -0.25) is 9.36 Å². The van der Waals surface area contributed by atoms with Gasteiger partial charge in [0.05, 0.1) is 0 Å². The lowest BCUT2D eigenvalue weighted by molar-refractivity contribution is -0.150. The molecular weight excluding hydrogens is 462 g/mol. The van der Waals surface area contributed by atoms with Crippen molar-refractivity contribution in [1.82, 2.24) is 9.55 Å². The first-order valence-corrected chi connectivity index (χ1v) is 13.6. The predicted molar refractivity (Wildman–Crippen MR) is 139 cm³/mol. The van der Waals surface area contributed by atoms with Gasteiger partial charge in [-0.05, 0) is 38.2 Å². The number of hydrogen-bond donors (Lipinski definition) is 3.